The molecule has 2 aromatic carbocycles. The van der Waals surface area contributed by atoms with Crippen LogP contribution < -0.4 is 9.64 Å². The Bertz CT molecular complexity index is 1000. The number of aliphatic imine (C=N–C) groups is 1. The minimum absolute atomic E-state index is 0.227. The number of halogens is 1. The summed E-state index contributed by atoms with van der Waals surface area (Å²) in [6.07, 6.45) is 0. The number of nitrogens with zero attached hydrogens (tertiary/aromatic N) is 4. The van der Waals surface area contributed by atoms with Crippen LogP contribution in [0.2, 0.25) is 0 Å². The lowest BCUT2D eigenvalue weighted by Gasteiger charge is -2.38. The zero-order valence-electron chi connectivity index (χ0n) is 16.9. The minimum atomic E-state index is -3.69. The van der Waals surface area contributed by atoms with Crippen LogP contribution >= 0.6 is 0 Å². The van der Waals surface area contributed by atoms with E-state index in [0.29, 0.717) is 57.6 Å². The molecule has 0 aromatic heterocycles. The molecule has 1 fully saturated rings. The highest BCUT2D eigenvalue weighted by Crippen LogP contribution is 2.24. The quantitative estimate of drug-likeness (QED) is 0.726. The van der Waals surface area contributed by atoms with Crippen molar-refractivity contribution in [3.8, 4) is 5.75 Å². The molecule has 2 heterocycles. The average Bonchev–Trinajstić information content (AvgIpc) is 3.26. The molecule has 0 atom stereocenters. The van der Waals surface area contributed by atoms with Crippen molar-refractivity contribution >= 4 is 21.7 Å². The number of benzene rings is 2. The molecule has 2 aliphatic heterocycles. The number of piperazine rings is 1. The topological polar surface area (TPSA) is 65.5 Å². The molecule has 0 unspecified atom stereocenters. The van der Waals surface area contributed by atoms with Gasteiger partial charge >= 0.3 is 0 Å². The lowest BCUT2D eigenvalue weighted by Crippen LogP contribution is -2.53. The van der Waals surface area contributed by atoms with Crippen LogP contribution in [0.1, 0.15) is 6.92 Å². The Hall–Kier alpha value is -2.81. The highest BCUT2D eigenvalue weighted by atomic mass is 32.2. The summed E-state index contributed by atoms with van der Waals surface area (Å²) in [6, 6.07) is 12.9. The van der Waals surface area contributed by atoms with Crippen LogP contribution in [0.25, 0.3) is 0 Å². The highest BCUT2D eigenvalue weighted by molar-refractivity contribution is 7.89. The maximum absolute atomic E-state index is 13.2. The molecule has 30 heavy (non-hydrogen) atoms. The molecule has 0 bridgehead atoms. The Kier molecular flexibility index (Phi) is 5.80. The molecular formula is C21H25FN4O3S. The summed E-state index contributed by atoms with van der Waals surface area (Å²) in [5, 5.41) is 0. The predicted molar refractivity (Wildman–Crippen MR) is 114 cm³/mol. The van der Waals surface area contributed by atoms with E-state index in [4.69, 9.17) is 4.74 Å². The Balaban J connectivity index is 1.45. The third-order valence-corrected chi connectivity index (χ3v) is 7.05. The van der Waals surface area contributed by atoms with E-state index < -0.39 is 10.0 Å². The number of anilines is 1. The summed E-state index contributed by atoms with van der Waals surface area (Å²) in [5.41, 5.74) is 0.961. The van der Waals surface area contributed by atoms with Gasteiger partial charge < -0.3 is 14.5 Å². The number of hydrogen-bond acceptors (Lipinski definition) is 6. The van der Waals surface area contributed by atoms with Crippen LogP contribution in [-0.4, -0.2) is 69.5 Å². The zero-order chi connectivity index (χ0) is 21.1. The van der Waals surface area contributed by atoms with E-state index >= 15 is 0 Å². The zero-order valence-corrected chi connectivity index (χ0v) is 17.7. The largest absolute Gasteiger partial charge is 0.494 e. The fourth-order valence-electron chi connectivity index (χ4n) is 3.72. The molecule has 0 radical (unpaired) electrons. The first-order valence-corrected chi connectivity index (χ1v) is 11.5. The molecule has 160 valence electrons. The van der Waals surface area contributed by atoms with E-state index in [0.717, 1.165) is 5.69 Å². The number of ether oxygens (including phenoxy) is 1. The van der Waals surface area contributed by atoms with Gasteiger partial charge in [0.25, 0.3) is 10.0 Å². The third-order valence-electron chi connectivity index (χ3n) is 5.26. The molecule has 0 aliphatic carbocycles. The van der Waals surface area contributed by atoms with Gasteiger partial charge in [0.2, 0.25) is 5.96 Å². The van der Waals surface area contributed by atoms with Gasteiger partial charge in [-0.3, -0.25) is 4.99 Å². The van der Waals surface area contributed by atoms with Gasteiger partial charge in [-0.25, -0.2) is 17.1 Å². The van der Waals surface area contributed by atoms with E-state index in [1.807, 2.05) is 11.8 Å². The third kappa shape index (κ3) is 4.07. The van der Waals surface area contributed by atoms with Crippen molar-refractivity contribution in [3.05, 3.63) is 54.3 Å². The second-order valence-corrected chi connectivity index (χ2v) is 8.98. The van der Waals surface area contributed by atoms with Gasteiger partial charge in [-0.2, -0.15) is 0 Å². The Labute approximate surface area is 176 Å². The molecule has 9 heteroatoms. The maximum atomic E-state index is 13.2. The van der Waals surface area contributed by atoms with Crippen molar-refractivity contribution in [2.75, 3.05) is 50.8 Å². The number of rotatable bonds is 5. The Morgan fingerprint density at radius 3 is 2.20 bits per heavy atom. The van der Waals surface area contributed by atoms with Crippen LogP contribution in [0.3, 0.4) is 0 Å². The minimum Gasteiger partial charge on any atom is -0.494 e. The second kappa shape index (κ2) is 8.51. The fourth-order valence-corrected chi connectivity index (χ4v) is 5.17. The highest BCUT2D eigenvalue weighted by Gasteiger charge is 2.35. The average molecular weight is 433 g/mol. The molecule has 0 spiro atoms. The number of hydrogen-bond donors (Lipinski definition) is 0. The van der Waals surface area contributed by atoms with Gasteiger partial charge in [0, 0.05) is 31.9 Å². The van der Waals surface area contributed by atoms with Gasteiger partial charge in [-0.1, -0.05) is 0 Å². The summed E-state index contributed by atoms with van der Waals surface area (Å²) in [5.74, 6) is 0.888. The van der Waals surface area contributed by atoms with Crippen molar-refractivity contribution in [2.45, 2.75) is 11.8 Å². The van der Waals surface area contributed by atoms with Crippen LogP contribution in [0.5, 0.6) is 5.75 Å². The Morgan fingerprint density at radius 1 is 0.933 bits per heavy atom. The van der Waals surface area contributed by atoms with E-state index in [1.54, 1.807) is 36.4 Å². The summed E-state index contributed by atoms with van der Waals surface area (Å²) in [6.45, 7) is 5.90. The molecule has 2 aliphatic rings. The van der Waals surface area contributed by atoms with Crippen molar-refractivity contribution < 1.29 is 17.5 Å². The van der Waals surface area contributed by atoms with Crippen LogP contribution in [0.4, 0.5) is 10.1 Å². The lowest BCUT2D eigenvalue weighted by molar-refractivity contribution is 0.340. The first-order valence-electron chi connectivity index (χ1n) is 10.0. The van der Waals surface area contributed by atoms with Crippen LogP contribution in [0.15, 0.2) is 58.4 Å². The first-order chi connectivity index (χ1) is 14.5. The summed E-state index contributed by atoms with van der Waals surface area (Å²) in [7, 11) is -3.69. The molecule has 1 saturated heterocycles. The standard InChI is InChI=1S/C21H25FN4O3S/c1-2-29-19-7-9-20(10-8-19)30(27,28)26-12-11-23-21(26)25-15-13-24(14-16-25)18-5-3-17(22)4-6-18/h3-10H,2,11-16H2,1H3. The molecule has 4 rings (SSSR count). The van der Waals surface area contributed by atoms with Gasteiger partial charge in [-0.05, 0) is 55.5 Å². The van der Waals surface area contributed by atoms with Gasteiger partial charge in [0.15, 0.2) is 0 Å². The monoisotopic (exact) mass is 432 g/mol. The van der Waals surface area contributed by atoms with Gasteiger partial charge in [0.1, 0.15) is 11.6 Å². The van der Waals surface area contributed by atoms with Crippen molar-refractivity contribution in [1.29, 1.82) is 0 Å². The Morgan fingerprint density at radius 2 is 1.57 bits per heavy atom. The first kappa shape index (κ1) is 20.5. The predicted octanol–water partition coefficient (Wildman–Crippen LogP) is 2.41. The molecule has 2 aromatic rings. The normalized spacial score (nSPS) is 17.3. The van der Waals surface area contributed by atoms with Crippen molar-refractivity contribution in [3.63, 3.8) is 0 Å². The van der Waals surface area contributed by atoms with E-state index in [9.17, 15) is 12.8 Å². The lowest BCUT2D eigenvalue weighted by atomic mass is 10.2. The molecule has 0 N–H and O–H groups in total. The number of guanidine groups is 1. The molecular weight excluding hydrogens is 407 g/mol. The fraction of sp³-hybridized carbons (Fsp3) is 0.381. The van der Waals surface area contributed by atoms with Crippen LogP contribution in [0, 0.1) is 5.82 Å². The number of sulfonamides is 1. The van der Waals surface area contributed by atoms with Crippen molar-refractivity contribution in [2.24, 2.45) is 4.99 Å². The molecule has 0 amide bonds. The summed E-state index contributed by atoms with van der Waals surface area (Å²) < 4.78 is 46.4. The van der Waals surface area contributed by atoms with Gasteiger partial charge in [-0.15, -0.1) is 0 Å². The summed E-state index contributed by atoms with van der Waals surface area (Å²) in [4.78, 5) is 8.89. The maximum Gasteiger partial charge on any atom is 0.266 e. The van der Waals surface area contributed by atoms with E-state index in [2.05, 4.69) is 9.89 Å². The molecule has 0 saturated carbocycles. The summed E-state index contributed by atoms with van der Waals surface area (Å²) >= 11 is 0. The second-order valence-electron chi connectivity index (χ2n) is 7.11. The van der Waals surface area contributed by atoms with Crippen molar-refractivity contribution in [1.82, 2.24) is 9.21 Å². The smallest absolute Gasteiger partial charge is 0.266 e. The van der Waals surface area contributed by atoms with Gasteiger partial charge in [0.05, 0.1) is 24.6 Å². The molecule has 7 nitrogen and oxygen atoms in total. The van der Waals surface area contributed by atoms with E-state index in [1.165, 1.54) is 16.4 Å². The van der Waals surface area contributed by atoms with E-state index in [-0.39, 0.29) is 10.7 Å². The van der Waals surface area contributed by atoms with Crippen LogP contribution in [-0.2, 0) is 10.0 Å². The SMILES string of the molecule is CCOc1ccc(S(=O)(=O)N2CCN=C2N2CCN(c3ccc(F)cc3)CC2)cc1.